The molecule has 0 bridgehead atoms. The average molecular weight is 304 g/mol. The standard InChI is InChI=1S/C9H15F3N2O4S/c1-8(2,3)18-7(15)14-4-6(5-14)13-19(16,17)9(10,11)12/h6,13H,4-5H2,1-3H3. The number of hydrogen-bond acceptors (Lipinski definition) is 4. The Morgan fingerprint density at radius 1 is 1.26 bits per heavy atom. The molecule has 1 aliphatic rings. The van der Waals surface area contributed by atoms with Crippen LogP contribution < -0.4 is 4.72 Å². The van der Waals surface area contributed by atoms with E-state index in [0.717, 1.165) is 4.90 Å². The van der Waals surface area contributed by atoms with E-state index in [1.807, 2.05) is 0 Å². The molecule has 6 nitrogen and oxygen atoms in total. The molecule has 1 rings (SSSR count). The van der Waals surface area contributed by atoms with Crippen LogP contribution in [0.1, 0.15) is 20.8 Å². The first-order chi connectivity index (χ1) is 8.32. The van der Waals surface area contributed by atoms with Gasteiger partial charge in [-0.25, -0.2) is 17.9 Å². The molecule has 1 fully saturated rings. The number of alkyl halides is 3. The van der Waals surface area contributed by atoms with Crippen molar-refractivity contribution in [1.29, 1.82) is 0 Å². The highest BCUT2D eigenvalue weighted by molar-refractivity contribution is 7.90. The number of sulfonamides is 1. The van der Waals surface area contributed by atoms with E-state index in [0.29, 0.717) is 0 Å². The Morgan fingerprint density at radius 2 is 1.74 bits per heavy atom. The maximum Gasteiger partial charge on any atom is 0.511 e. The molecule has 1 N–H and O–H groups in total. The topological polar surface area (TPSA) is 75.7 Å². The van der Waals surface area contributed by atoms with Gasteiger partial charge in [-0.2, -0.15) is 13.2 Å². The Hall–Kier alpha value is -1.03. The van der Waals surface area contributed by atoms with Crippen molar-refractivity contribution in [2.45, 2.75) is 37.9 Å². The lowest BCUT2D eigenvalue weighted by molar-refractivity contribution is -0.0459. The maximum atomic E-state index is 12.1. The summed E-state index contributed by atoms with van der Waals surface area (Å²) in [4.78, 5) is 12.6. The minimum atomic E-state index is -5.37. The van der Waals surface area contributed by atoms with Gasteiger partial charge in [-0.15, -0.1) is 0 Å². The molecular weight excluding hydrogens is 289 g/mol. The summed E-state index contributed by atoms with van der Waals surface area (Å²) in [5, 5.41) is 0. The Kier molecular flexibility index (Phi) is 4.06. The van der Waals surface area contributed by atoms with Crippen LogP contribution in [-0.2, 0) is 14.8 Å². The number of amides is 1. The third-order valence-corrected chi connectivity index (χ3v) is 3.41. The molecule has 0 aromatic carbocycles. The van der Waals surface area contributed by atoms with Gasteiger partial charge in [0.1, 0.15) is 5.60 Å². The summed E-state index contributed by atoms with van der Waals surface area (Å²) in [7, 11) is -5.37. The van der Waals surface area contributed by atoms with Crippen molar-refractivity contribution in [2.75, 3.05) is 13.1 Å². The molecule has 1 saturated heterocycles. The van der Waals surface area contributed by atoms with Crippen LogP contribution in [0, 0.1) is 0 Å². The first-order valence-corrected chi connectivity index (χ1v) is 6.87. The minimum absolute atomic E-state index is 0.149. The normalized spacial score (nSPS) is 18.1. The van der Waals surface area contributed by atoms with Gasteiger partial charge in [0.15, 0.2) is 0 Å². The lowest BCUT2D eigenvalue weighted by atomic mass is 10.1. The fourth-order valence-electron chi connectivity index (χ4n) is 1.31. The zero-order chi connectivity index (χ0) is 15.1. The van der Waals surface area contributed by atoms with E-state index >= 15 is 0 Å². The van der Waals surface area contributed by atoms with Crippen LogP contribution in [0.5, 0.6) is 0 Å². The predicted octanol–water partition coefficient (Wildman–Crippen LogP) is 1.04. The van der Waals surface area contributed by atoms with E-state index in [9.17, 15) is 26.4 Å². The quantitative estimate of drug-likeness (QED) is 0.827. The third-order valence-electron chi connectivity index (χ3n) is 2.16. The number of nitrogens with one attached hydrogen (secondary N) is 1. The van der Waals surface area contributed by atoms with E-state index in [1.54, 1.807) is 20.8 Å². The van der Waals surface area contributed by atoms with Crippen molar-refractivity contribution >= 4 is 16.1 Å². The van der Waals surface area contributed by atoms with E-state index < -0.39 is 33.3 Å². The van der Waals surface area contributed by atoms with Crippen molar-refractivity contribution in [3.63, 3.8) is 0 Å². The van der Waals surface area contributed by atoms with E-state index in [2.05, 4.69) is 0 Å². The SMILES string of the molecule is CC(C)(C)OC(=O)N1CC(NS(=O)(=O)C(F)(F)F)C1. The van der Waals surface area contributed by atoms with Gasteiger partial charge in [-0.05, 0) is 20.8 Å². The van der Waals surface area contributed by atoms with Gasteiger partial charge in [0.05, 0.1) is 6.04 Å². The van der Waals surface area contributed by atoms with Gasteiger partial charge >= 0.3 is 21.6 Å². The number of carbonyl (C=O) groups is 1. The van der Waals surface area contributed by atoms with Gasteiger partial charge in [0.25, 0.3) is 0 Å². The number of likely N-dealkylation sites (tertiary alicyclic amines) is 1. The second-order valence-corrected chi connectivity index (χ2v) is 6.85. The molecule has 0 saturated carbocycles. The smallest absolute Gasteiger partial charge is 0.444 e. The molecule has 10 heteroatoms. The zero-order valence-electron chi connectivity index (χ0n) is 10.6. The summed E-state index contributed by atoms with van der Waals surface area (Å²) >= 11 is 0. The second kappa shape index (κ2) is 4.82. The zero-order valence-corrected chi connectivity index (χ0v) is 11.4. The largest absolute Gasteiger partial charge is 0.511 e. The number of ether oxygens (including phenoxy) is 1. The van der Waals surface area contributed by atoms with Gasteiger partial charge in [-0.3, -0.25) is 0 Å². The summed E-state index contributed by atoms with van der Waals surface area (Å²) in [5.41, 5.74) is -6.06. The molecule has 112 valence electrons. The van der Waals surface area contributed by atoms with Crippen LogP contribution in [0.2, 0.25) is 0 Å². The Labute approximate surface area is 108 Å². The highest BCUT2D eigenvalue weighted by Crippen LogP contribution is 2.23. The Morgan fingerprint density at radius 3 is 2.11 bits per heavy atom. The molecule has 1 aliphatic heterocycles. The molecule has 0 atom stereocenters. The highest BCUT2D eigenvalue weighted by Gasteiger charge is 2.48. The predicted molar refractivity (Wildman–Crippen MR) is 59.7 cm³/mol. The van der Waals surface area contributed by atoms with Crippen molar-refractivity contribution < 1.29 is 31.1 Å². The van der Waals surface area contributed by atoms with Gasteiger partial charge in [-0.1, -0.05) is 0 Å². The van der Waals surface area contributed by atoms with Crippen molar-refractivity contribution in [1.82, 2.24) is 9.62 Å². The number of halogens is 3. The number of hydrogen-bond donors (Lipinski definition) is 1. The molecular formula is C9H15F3N2O4S. The van der Waals surface area contributed by atoms with Gasteiger partial charge in [0.2, 0.25) is 0 Å². The molecule has 0 radical (unpaired) electrons. The summed E-state index contributed by atoms with van der Waals surface area (Å²) < 4.78 is 64.3. The van der Waals surface area contributed by atoms with Crippen LogP contribution in [-0.4, -0.2) is 49.7 Å². The van der Waals surface area contributed by atoms with Crippen molar-refractivity contribution in [3.8, 4) is 0 Å². The van der Waals surface area contributed by atoms with Crippen LogP contribution in [0.15, 0.2) is 0 Å². The lowest BCUT2D eigenvalue weighted by Gasteiger charge is -2.39. The molecule has 1 heterocycles. The molecule has 1 amide bonds. The summed E-state index contributed by atoms with van der Waals surface area (Å²) in [5.74, 6) is 0. The van der Waals surface area contributed by atoms with Crippen molar-refractivity contribution in [2.24, 2.45) is 0 Å². The molecule has 0 aromatic rings. The van der Waals surface area contributed by atoms with Crippen molar-refractivity contribution in [3.05, 3.63) is 0 Å². The lowest BCUT2D eigenvalue weighted by Crippen LogP contribution is -2.62. The van der Waals surface area contributed by atoms with Crippen LogP contribution >= 0.6 is 0 Å². The Bertz CT molecular complexity index is 449. The van der Waals surface area contributed by atoms with E-state index in [-0.39, 0.29) is 13.1 Å². The van der Waals surface area contributed by atoms with E-state index in [4.69, 9.17) is 4.74 Å². The monoisotopic (exact) mass is 304 g/mol. The number of carbonyl (C=O) groups excluding carboxylic acids is 1. The summed E-state index contributed by atoms with van der Waals surface area (Å²) in [6.07, 6.45) is -0.685. The highest BCUT2D eigenvalue weighted by atomic mass is 32.2. The van der Waals surface area contributed by atoms with Gasteiger partial charge in [0, 0.05) is 13.1 Å². The molecule has 19 heavy (non-hydrogen) atoms. The van der Waals surface area contributed by atoms with E-state index in [1.165, 1.54) is 4.72 Å². The first kappa shape index (κ1) is 16.0. The van der Waals surface area contributed by atoms with Crippen LogP contribution in [0.3, 0.4) is 0 Å². The second-order valence-electron chi connectivity index (χ2n) is 5.15. The summed E-state index contributed by atoms with van der Waals surface area (Å²) in [6, 6.07) is -0.945. The molecule has 0 spiro atoms. The number of rotatable bonds is 2. The molecule has 0 aromatic heterocycles. The van der Waals surface area contributed by atoms with Crippen LogP contribution in [0.25, 0.3) is 0 Å². The fourth-order valence-corrected chi connectivity index (χ4v) is 2.04. The third kappa shape index (κ3) is 4.23. The van der Waals surface area contributed by atoms with Crippen LogP contribution in [0.4, 0.5) is 18.0 Å². The maximum absolute atomic E-state index is 12.1. The fraction of sp³-hybridized carbons (Fsp3) is 0.889. The Balaban J connectivity index is 2.46. The summed E-state index contributed by atoms with van der Waals surface area (Å²) in [6.45, 7) is 4.64. The number of nitrogens with zero attached hydrogens (tertiary/aromatic N) is 1. The molecule has 0 aliphatic carbocycles. The first-order valence-electron chi connectivity index (χ1n) is 5.38. The minimum Gasteiger partial charge on any atom is -0.444 e. The average Bonchev–Trinajstić information content (AvgIpc) is 2.05. The molecule has 0 unspecified atom stereocenters. The van der Waals surface area contributed by atoms with Gasteiger partial charge < -0.3 is 9.64 Å².